The Labute approximate surface area is 117 Å². The van der Waals surface area contributed by atoms with Crippen LogP contribution in [0.5, 0.6) is 0 Å². The molecule has 0 fully saturated rings. The van der Waals surface area contributed by atoms with E-state index in [9.17, 15) is 0 Å². The summed E-state index contributed by atoms with van der Waals surface area (Å²) in [6.45, 7) is 2.16. The van der Waals surface area contributed by atoms with Crippen LogP contribution in [0.25, 0.3) is 10.9 Å². The van der Waals surface area contributed by atoms with Crippen molar-refractivity contribution in [2.45, 2.75) is 13.0 Å². The molecule has 1 unspecified atom stereocenters. The zero-order chi connectivity index (χ0) is 12.5. The Morgan fingerprint density at radius 1 is 1.39 bits per heavy atom. The summed E-state index contributed by atoms with van der Waals surface area (Å²) in [5.74, 6) is 0. The number of thiophene rings is 1. The van der Waals surface area contributed by atoms with E-state index in [2.05, 4.69) is 61.9 Å². The van der Waals surface area contributed by atoms with Crippen molar-refractivity contribution in [3.05, 3.63) is 45.2 Å². The van der Waals surface area contributed by atoms with Crippen LogP contribution in [0.15, 0.2) is 40.3 Å². The van der Waals surface area contributed by atoms with Crippen molar-refractivity contribution in [3.63, 3.8) is 0 Å². The second kappa shape index (κ2) is 4.74. The Balaban J connectivity index is 1.93. The van der Waals surface area contributed by atoms with Gasteiger partial charge in [0, 0.05) is 14.7 Å². The summed E-state index contributed by atoms with van der Waals surface area (Å²) in [6.07, 6.45) is 1.84. The molecule has 0 bridgehead atoms. The lowest BCUT2D eigenvalue weighted by molar-refractivity contribution is 0.904. The van der Waals surface area contributed by atoms with Crippen LogP contribution in [0.3, 0.4) is 0 Å². The highest BCUT2D eigenvalue weighted by Crippen LogP contribution is 2.32. The first-order valence-electron chi connectivity index (χ1n) is 5.67. The Morgan fingerprint density at radius 3 is 3.06 bits per heavy atom. The zero-order valence-corrected chi connectivity index (χ0v) is 12.2. The first-order chi connectivity index (χ1) is 8.75. The molecular weight excluding hydrogens is 310 g/mol. The van der Waals surface area contributed by atoms with E-state index in [1.165, 1.54) is 4.88 Å². The number of para-hydroxylation sites is 1. The number of benzene rings is 1. The standard InChI is InChI=1S/C13H12BrN3S/c1-8(13-10(14)5-6-18-13)16-11-4-2-3-9-7-15-17-12(9)11/h2-8,16H,1H3,(H,15,17). The van der Waals surface area contributed by atoms with Gasteiger partial charge in [-0.15, -0.1) is 11.3 Å². The number of anilines is 1. The van der Waals surface area contributed by atoms with Crippen molar-refractivity contribution in [3.8, 4) is 0 Å². The number of H-pyrrole nitrogens is 1. The van der Waals surface area contributed by atoms with E-state index < -0.39 is 0 Å². The van der Waals surface area contributed by atoms with Gasteiger partial charge in [0.2, 0.25) is 0 Å². The molecule has 1 aromatic carbocycles. The van der Waals surface area contributed by atoms with Crippen LogP contribution in [-0.4, -0.2) is 10.2 Å². The predicted octanol–water partition coefficient (Wildman–Crippen LogP) is 4.56. The molecule has 0 aliphatic heterocycles. The highest BCUT2D eigenvalue weighted by Gasteiger charge is 2.12. The molecule has 1 atom stereocenters. The van der Waals surface area contributed by atoms with E-state index in [-0.39, 0.29) is 6.04 Å². The first kappa shape index (κ1) is 11.7. The van der Waals surface area contributed by atoms with Crippen molar-refractivity contribution in [2.75, 3.05) is 5.32 Å². The van der Waals surface area contributed by atoms with E-state index in [0.29, 0.717) is 0 Å². The van der Waals surface area contributed by atoms with Crippen LogP contribution in [0.2, 0.25) is 0 Å². The molecule has 0 aliphatic carbocycles. The van der Waals surface area contributed by atoms with Gasteiger partial charge in [-0.3, -0.25) is 5.10 Å². The van der Waals surface area contributed by atoms with E-state index in [1.807, 2.05) is 12.3 Å². The van der Waals surface area contributed by atoms with Gasteiger partial charge in [0.15, 0.2) is 0 Å². The summed E-state index contributed by atoms with van der Waals surface area (Å²) in [7, 11) is 0. The molecule has 3 aromatic rings. The summed E-state index contributed by atoms with van der Waals surface area (Å²) in [5.41, 5.74) is 2.13. The fraction of sp³-hybridized carbons (Fsp3) is 0.154. The highest BCUT2D eigenvalue weighted by atomic mass is 79.9. The summed E-state index contributed by atoms with van der Waals surface area (Å²) in [5, 5.41) is 13.8. The topological polar surface area (TPSA) is 40.7 Å². The third-order valence-corrected chi connectivity index (χ3v) is 4.94. The average Bonchev–Trinajstić information content (AvgIpc) is 2.97. The number of nitrogens with one attached hydrogen (secondary N) is 2. The lowest BCUT2D eigenvalue weighted by Gasteiger charge is -2.15. The van der Waals surface area contributed by atoms with Crippen LogP contribution in [0.1, 0.15) is 17.8 Å². The van der Waals surface area contributed by atoms with Gasteiger partial charge in [-0.1, -0.05) is 12.1 Å². The molecule has 3 nitrogen and oxygen atoms in total. The van der Waals surface area contributed by atoms with Gasteiger partial charge < -0.3 is 5.32 Å². The van der Waals surface area contributed by atoms with Crippen molar-refractivity contribution in [1.82, 2.24) is 10.2 Å². The summed E-state index contributed by atoms with van der Waals surface area (Å²) in [4.78, 5) is 1.30. The molecule has 5 heteroatoms. The van der Waals surface area contributed by atoms with Gasteiger partial charge in [-0.2, -0.15) is 5.10 Å². The Bertz CT molecular complexity index is 673. The molecule has 0 amide bonds. The van der Waals surface area contributed by atoms with Crippen molar-refractivity contribution >= 4 is 43.9 Å². The molecule has 18 heavy (non-hydrogen) atoms. The predicted molar refractivity (Wildman–Crippen MR) is 80.2 cm³/mol. The summed E-state index contributed by atoms with van der Waals surface area (Å²) >= 11 is 5.32. The lowest BCUT2D eigenvalue weighted by atomic mass is 10.2. The fourth-order valence-corrected chi connectivity index (χ4v) is 3.73. The minimum Gasteiger partial charge on any atom is -0.376 e. The molecule has 0 aliphatic rings. The second-order valence-corrected chi connectivity index (χ2v) is 5.94. The monoisotopic (exact) mass is 321 g/mol. The van der Waals surface area contributed by atoms with Gasteiger partial charge in [0.25, 0.3) is 0 Å². The smallest absolute Gasteiger partial charge is 0.0881 e. The number of fused-ring (bicyclic) bond motifs is 1. The zero-order valence-electron chi connectivity index (χ0n) is 9.77. The highest BCUT2D eigenvalue weighted by molar-refractivity contribution is 9.10. The Morgan fingerprint density at radius 2 is 2.28 bits per heavy atom. The Kier molecular flexibility index (Phi) is 3.09. The number of hydrogen-bond donors (Lipinski definition) is 2. The fourth-order valence-electron chi connectivity index (χ4n) is 2.00. The van der Waals surface area contributed by atoms with Crippen LogP contribution in [0, 0.1) is 0 Å². The molecule has 2 aromatic heterocycles. The van der Waals surface area contributed by atoms with Crippen molar-refractivity contribution < 1.29 is 0 Å². The molecule has 2 heterocycles. The molecule has 2 N–H and O–H groups in total. The quantitative estimate of drug-likeness (QED) is 0.742. The van der Waals surface area contributed by atoms with Crippen molar-refractivity contribution in [1.29, 1.82) is 0 Å². The maximum Gasteiger partial charge on any atom is 0.0881 e. The normalized spacial score (nSPS) is 12.8. The van der Waals surface area contributed by atoms with E-state index in [4.69, 9.17) is 0 Å². The maximum absolute atomic E-state index is 4.08. The SMILES string of the molecule is CC(Nc1cccc2cn[nH]c12)c1sccc1Br. The number of hydrogen-bond acceptors (Lipinski definition) is 3. The van der Waals surface area contributed by atoms with Crippen LogP contribution < -0.4 is 5.32 Å². The number of nitrogens with zero attached hydrogens (tertiary/aromatic N) is 1. The molecule has 3 rings (SSSR count). The average molecular weight is 322 g/mol. The van der Waals surface area contributed by atoms with Gasteiger partial charge >= 0.3 is 0 Å². The maximum atomic E-state index is 4.08. The van der Waals surface area contributed by atoms with Crippen LogP contribution in [0.4, 0.5) is 5.69 Å². The van der Waals surface area contributed by atoms with E-state index >= 15 is 0 Å². The molecular formula is C13H12BrN3S. The van der Waals surface area contributed by atoms with Gasteiger partial charge in [-0.25, -0.2) is 0 Å². The van der Waals surface area contributed by atoms with E-state index in [1.54, 1.807) is 11.3 Å². The lowest BCUT2D eigenvalue weighted by Crippen LogP contribution is -2.05. The van der Waals surface area contributed by atoms with E-state index in [0.717, 1.165) is 21.1 Å². The third kappa shape index (κ3) is 2.04. The third-order valence-electron chi connectivity index (χ3n) is 2.89. The minimum atomic E-state index is 0.258. The minimum absolute atomic E-state index is 0.258. The second-order valence-electron chi connectivity index (χ2n) is 4.14. The molecule has 92 valence electrons. The molecule has 0 saturated heterocycles. The van der Waals surface area contributed by atoms with Crippen LogP contribution in [-0.2, 0) is 0 Å². The molecule has 0 radical (unpaired) electrons. The number of aromatic nitrogens is 2. The molecule has 0 saturated carbocycles. The summed E-state index contributed by atoms with van der Waals surface area (Å²) < 4.78 is 1.16. The largest absolute Gasteiger partial charge is 0.376 e. The van der Waals surface area contributed by atoms with Gasteiger partial charge in [0.05, 0.1) is 23.4 Å². The van der Waals surface area contributed by atoms with Gasteiger partial charge in [0.1, 0.15) is 0 Å². The summed E-state index contributed by atoms with van der Waals surface area (Å²) in [6, 6.07) is 8.49. The molecule has 0 spiro atoms. The number of halogens is 1. The van der Waals surface area contributed by atoms with Crippen molar-refractivity contribution in [2.24, 2.45) is 0 Å². The number of rotatable bonds is 3. The van der Waals surface area contributed by atoms with Gasteiger partial charge in [-0.05, 0) is 40.4 Å². The van der Waals surface area contributed by atoms with Crippen LogP contribution >= 0.6 is 27.3 Å². The Hall–Kier alpha value is -1.33. The first-order valence-corrected chi connectivity index (χ1v) is 7.34. The number of aromatic amines is 1.